The molecule has 3 aliphatic heterocycles. The van der Waals surface area contributed by atoms with Gasteiger partial charge < -0.3 is 15.1 Å². The highest BCUT2D eigenvalue weighted by Gasteiger charge is 2.38. The number of benzene rings is 2. The van der Waals surface area contributed by atoms with Gasteiger partial charge >= 0.3 is 0 Å². The van der Waals surface area contributed by atoms with Gasteiger partial charge in [0.25, 0.3) is 11.8 Å². The number of carbonyl (C=O) groups excluding carboxylic acids is 2. The first-order valence-electron chi connectivity index (χ1n) is 11.3. The number of nitrogens with one attached hydrogen (secondary N) is 1. The summed E-state index contributed by atoms with van der Waals surface area (Å²) in [5, 5.41) is 3.22. The van der Waals surface area contributed by atoms with Gasteiger partial charge in [-0.3, -0.25) is 14.5 Å². The van der Waals surface area contributed by atoms with E-state index in [4.69, 9.17) is 0 Å². The lowest BCUT2D eigenvalue weighted by Crippen LogP contribution is -2.50. The van der Waals surface area contributed by atoms with Crippen molar-refractivity contribution >= 4 is 17.5 Å². The first-order chi connectivity index (χ1) is 15.1. The molecule has 0 radical (unpaired) electrons. The predicted octanol–water partition coefficient (Wildman–Crippen LogP) is 3.09. The molecule has 0 aliphatic carbocycles. The van der Waals surface area contributed by atoms with Gasteiger partial charge in [-0.1, -0.05) is 30.3 Å². The summed E-state index contributed by atoms with van der Waals surface area (Å²) < 4.78 is 0. The summed E-state index contributed by atoms with van der Waals surface area (Å²) in [7, 11) is 2.03. The van der Waals surface area contributed by atoms with Crippen LogP contribution in [0.3, 0.4) is 0 Å². The van der Waals surface area contributed by atoms with E-state index in [2.05, 4.69) is 39.4 Å². The van der Waals surface area contributed by atoms with Crippen molar-refractivity contribution in [1.29, 1.82) is 0 Å². The van der Waals surface area contributed by atoms with E-state index in [-0.39, 0.29) is 24.0 Å². The quantitative estimate of drug-likeness (QED) is 0.829. The van der Waals surface area contributed by atoms with Crippen LogP contribution in [0.2, 0.25) is 0 Å². The molecule has 2 aromatic rings. The highest BCUT2D eigenvalue weighted by molar-refractivity contribution is 6.04. The van der Waals surface area contributed by atoms with E-state index in [0.717, 1.165) is 57.5 Å². The number of carbonyl (C=O) groups is 2. The number of piperidine rings is 1. The topological polar surface area (TPSA) is 55.9 Å². The normalized spacial score (nSPS) is 21.7. The van der Waals surface area contributed by atoms with E-state index in [9.17, 15) is 9.59 Å². The van der Waals surface area contributed by atoms with Gasteiger partial charge in [0.15, 0.2) is 0 Å². The number of likely N-dealkylation sites (tertiary alicyclic amines) is 1. The summed E-state index contributed by atoms with van der Waals surface area (Å²) in [5.74, 6) is 0.0485. The van der Waals surface area contributed by atoms with Crippen molar-refractivity contribution in [2.45, 2.75) is 44.4 Å². The molecule has 1 atom stereocenters. The zero-order chi connectivity index (χ0) is 21.4. The molecule has 0 unspecified atom stereocenters. The lowest BCUT2D eigenvalue weighted by atomic mass is 10.0. The fraction of sp³-hybridized carbons (Fsp3) is 0.440. The Labute approximate surface area is 183 Å². The molecule has 1 N–H and O–H groups in total. The van der Waals surface area contributed by atoms with Gasteiger partial charge in [0.05, 0.1) is 11.3 Å². The second-order valence-electron chi connectivity index (χ2n) is 8.97. The molecule has 0 spiro atoms. The predicted molar refractivity (Wildman–Crippen MR) is 121 cm³/mol. The van der Waals surface area contributed by atoms with Crippen LogP contribution in [0.5, 0.6) is 0 Å². The lowest BCUT2D eigenvalue weighted by molar-refractivity contribution is 0.0718. The number of rotatable bonds is 4. The van der Waals surface area contributed by atoms with E-state index in [1.807, 2.05) is 30.1 Å². The average Bonchev–Trinajstić information content (AvgIpc) is 3.30. The second-order valence-corrected chi connectivity index (χ2v) is 8.97. The van der Waals surface area contributed by atoms with Crippen LogP contribution in [-0.4, -0.2) is 60.5 Å². The van der Waals surface area contributed by atoms with Crippen LogP contribution in [0.15, 0.2) is 48.5 Å². The molecule has 162 valence electrons. The number of fused-ring (bicyclic) bond motifs is 2. The molecule has 2 fully saturated rings. The van der Waals surface area contributed by atoms with Crippen LogP contribution in [-0.2, 0) is 6.54 Å². The first-order valence-corrected chi connectivity index (χ1v) is 11.3. The average molecular weight is 419 g/mol. The maximum absolute atomic E-state index is 12.9. The van der Waals surface area contributed by atoms with Crippen LogP contribution in [0, 0.1) is 0 Å². The van der Waals surface area contributed by atoms with E-state index in [1.54, 1.807) is 6.07 Å². The third-order valence-corrected chi connectivity index (χ3v) is 6.97. The fourth-order valence-electron chi connectivity index (χ4n) is 5.20. The zero-order valence-electron chi connectivity index (χ0n) is 18.1. The summed E-state index contributed by atoms with van der Waals surface area (Å²) in [4.78, 5) is 32.3. The van der Waals surface area contributed by atoms with Crippen molar-refractivity contribution in [3.63, 3.8) is 0 Å². The zero-order valence-corrected chi connectivity index (χ0v) is 18.1. The Morgan fingerprint density at radius 1 is 1.03 bits per heavy atom. The van der Waals surface area contributed by atoms with Crippen LogP contribution in [0.25, 0.3) is 0 Å². The van der Waals surface area contributed by atoms with E-state index < -0.39 is 0 Å². The van der Waals surface area contributed by atoms with Gasteiger partial charge in [0, 0.05) is 44.8 Å². The minimum Gasteiger partial charge on any atom is -0.354 e. The minimum atomic E-state index is -0.0426. The van der Waals surface area contributed by atoms with Gasteiger partial charge in [-0.25, -0.2) is 0 Å². The van der Waals surface area contributed by atoms with Crippen LogP contribution < -0.4 is 10.2 Å². The maximum atomic E-state index is 12.9. The van der Waals surface area contributed by atoms with Gasteiger partial charge in [-0.2, -0.15) is 0 Å². The molecule has 5 rings (SSSR count). The second kappa shape index (κ2) is 8.35. The molecule has 3 heterocycles. The van der Waals surface area contributed by atoms with Gasteiger partial charge in [0.1, 0.15) is 6.17 Å². The van der Waals surface area contributed by atoms with E-state index in [0.29, 0.717) is 11.1 Å². The van der Waals surface area contributed by atoms with Crippen molar-refractivity contribution in [2.24, 2.45) is 0 Å². The smallest absolute Gasteiger partial charge is 0.257 e. The molecule has 31 heavy (non-hydrogen) atoms. The molecule has 6 heteroatoms. The molecule has 6 nitrogen and oxygen atoms in total. The summed E-state index contributed by atoms with van der Waals surface area (Å²) in [5.41, 5.74) is 3.54. The number of hydrogen-bond donors (Lipinski definition) is 1. The van der Waals surface area contributed by atoms with Gasteiger partial charge in [0.2, 0.25) is 0 Å². The Morgan fingerprint density at radius 3 is 2.58 bits per heavy atom. The van der Waals surface area contributed by atoms with Crippen LogP contribution >= 0.6 is 0 Å². The highest BCUT2D eigenvalue weighted by atomic mass is 16.2. The standard InChI is InChI=1S/C25H30N4O2/c1-27-22-16-19(9-10-21(22)25(31)29-13-5-8-23(27)29)24(30)26-20-11-14-28(15-12-20)17-18-6-3-2-4-7-18/h2-4,6-7,9-10,16,20,23H,5,8,11-15,17H2,1H3,(H,26,30)/t23-/m1/s1. The van der Waals surface area contributed by atoms with Gasteiger partial charge in [-0.15, -0.1) is 0 Å². The molecule has 0 aromatic heterocycles. The molecule has 2 amide bonds. The molecule has 0 bridgehead atoms. The molecule has 2 aromatic carbocycles. The Kier molecular flexibility index (Phi) is 5.40. The molecular weight excluding hydrogens is 388 g/mol. The molecule has 3 aliphatic rings. The number of nitrogens with zero attached hydrogens (tertiary/aromatic N) is 3. The van der Waals surface area contributed by atoms with Crippen molar-refractivity contribution in [2.75, 3.05) is 31.6 Å². The largest absolute Gasteiger partial charge is 0.354 e. The highest BCUT2D eigenvalue weighted by Crippen LogP contribution is 2.35. The summed E-state index contributed by atoms with van der Waals surface area (Å²) in [6.07, 6.45) is 4.05. The first kappa shape index (κ1) is 20.1. The summed E-state index contributed by atoms with van der Waals surface area (Å²) in [6, 6.07) is 16.2. The Balaban J connectivity index is 1.21. The third kappa shape index (κ3) is 3.92. The maximum Gasteiger partial charge on any atom is 0.257 e. The third-order valence-electron chi connectivity index (χ3n) is 6.97. The fourth-order valence-corrected chi connectivity index (χ4v) is 5.20. The molecule has 0 saturated carbocycles. The Morgan fingerprint density at radius 2 is 1.81 bits per heavy atom. The SMILES string of the molecule is CN1c2cc(C(=O)NC3CCN(Cc4ccccc4)CC3)ccc2C(=O)N2CCC[C@@H]21. The number of amides is 2. The van der Waals surface area contributed by atoms with E-state index in [1.165, 1.54) is 5.56 Å². The summed E-state index contributed by atoms with van der Waals surface area (Å²) >= 11 is 0. The van der Waals surface area contributed by atoms with Crippen molar-refractivity contribution in [1.82, 2.24) is 15.1 Å². The van der Waals surface area contributed by atoms with Crippen LogP contribution in [0.4, 0.5) is 5.69 Å². The lowest BCUT2D eigenvalue weighted by Gasteiger charge is -2.40. The van der Waals surface area contributed by atoms with Crippen molar-refractivity contribution in [3.05, 3.63) is 65.2 Å². The number of anilines is 1. The molecule has 2 saturated heterocycles. The minimum absolute atomic E-state index is 0.0426. The number of hydrogen-bond acceptors (Lipinski definition) is 4. The van der Waals surface area contributed by atoms with E-state index >= 15 is 0 Å². The Hall–Kier alpha value is -2.86. The monoisotopic (exact) mass is 418 g/mol. The summed E-state index contributed by atoms with van der Waals surface area (Å²) in [6.45, 7) is 3.75. The van der Waals surface area contributed by atoms with Gasteiger partial charge in [-0.05, 0) is 49.4 Å². The van der Waals surface area contributed by atoms with Crippen molar-refractivity contribution < 1.29 is 9.59 Å². The molecular formula is C25H30N4O2. The Bertz CT molecular complexity index is 969. The van der Waals surface area contributed by atoms with Crippen molar-refractivity contribution in [3.8, 4) is 0 Å². The van der Waals surface area contributed by atoms with Crippen LogP contribution in [0.1, 0.15) is 52.0 Å².